The van der Waals surface area contributed by atoms with Crippen LogP contribution in [0.4, 0.5) is 25.8 Å². The summed E-state index contributed by atoms with van der Waals surface area (Å²) in [5, 5.41) is 7.08. The molecule has 12 heteroatoms. The van der Waals surface area contributed by atoms with Crippen molar-refractivity contribution in [1.29, 1.82) is 0 Å². The molecule has 1 unspecified atom stereocenters. The number of thioether (sulfide) groups is 1. The molecule has 1 saturated carbocycles. The predicted molar refractivity (Wildman–Crippen MR) is 133 cm³/mol. The second-order valence-electron chi connectivity index (χ2n) is 7.29. The third kappa shape index (κ3) is 6.41. The summed E-state index contributed by atoms with van der Waals surface area (Å²) in [7, 11) is 0. The van der Waals surface area contributed by atoms with Gasteiger partial charge in [-0.1, -0.05) is 17.7 Å². The van der Waals surface area contributed by atoms with Gasteiger partial charge in [-0.3, -0.25) is 14.4 Å². The number of benzene rings is 2. The number of amides is 3. The molecule has 3 rings (SSSR count). The largest absolute Gasteiger partial charge is 0.326 e. The molecule has 0 aromatic heterocycles. The molecule has 3 N–H and O–H groups in total. The first-order valence-corrected chi connectivity index (χ1v) is 12.1. The molecule has 3 amide bonds. The van der Waals surface area contributed by atoms with Crippen LogP contribution in [0.15, 0.2) is 43.0 Å². The molecule has 0 radical (unpaired) electrons. The molecule has 1 aliphatic carbocycles. The van der Waals surface area contributed by atoms with E-state index in [0.29, 0.717) is 12.2 Å². The zero-order valence-corrected chi connectivity index (χ0v) is 20.5. The molecule has 0 heterocycles. The van der Waals surface area contributed by atoms with Gasteiger partial charge >= 0.3 is 0 Å². The number of alkyl halides is 2. The fraction of sp³-hybridized carbons (Fsp3) is 0.227. The second kappa shape index (κ2) is 10.9. The number of hydrogen-bond acceptors (Lipinski definition) is 4. The summed E-state index contributed by atoms with van der Waals surface area (Å²) in [4.78, 5) is 36.9. The van der Waals surface area contributed by atoms with Gasteiger partial charge in [0.15, 0.2) is 5.82 Å². The highest BCUT2D eigenvalue weighted by Gasteiger charge is 2.56. The van der Waals surface area contributed by atoms with E-state index >= 15 is 0 Å². The van der Waals surface area contributed by atoms with Crippen LogP contribution >= 0.6 is 46.6 Å². The Bertz CT molecular complexity index is 1160. The molecule has 0 bridgehead atoms. The zero-order valence-electron chi connectivity index (χ0n) is 17.4. The zero-order chi connectivity index (χ0) is 25.0. The van der Waals surface area contributed by atoms with E-state index in [1.165, 1.54) is 30.0 Å². The average molecular weight is 549 g/mol. The lowest BCUT2D eigenvalue weighted by Crippen LogP contribution is -2.19. The van der Waals surface area contributed by atoms with Crippen molar-refractivity contribution in [3.63, 3.8) is 0 Å². The van der Waals surface area contributed by atoms with Gasteiger partial charge in [-0.05, 0) is 36.8 Å². The highest BCUT2D eigenvalue weighted by atomic mass is 35.5. The van der Waals surface area contributed by atoms with Crippen LogP contribution < -0.4 is 16.0 Å². The van der Waals surface area contributed by atoms with Gasteiger partial charge < -0.3 is 16.0 Å². The quantitative estimate of drug-likeness (QED) is 0.208. The minimum Gasteiger partial charge on any atom is -0.326 e. The Hall–Kier alpha value is -2.33. The van der Waals surface area contributed by atoms with Gasteiger partial charge in [-0.25, -0.2) is 8.78 Å². The standard InChI is InChI=1S/C22H18Cl3F2N3O3S/c1-2-7-34-10-17(31)30-19-15(26)5-6-16(18(19)27)29-20(32)12-8-11(3-4-14(12)23)28-21(33)13-9-22(13,24)25/h2-6,8,13H,1,7,9-10H2,(H,28,33)(H,29,32)(H,30,31). The minimum atomic E-state index is -1.16. The number of rotatable bonds is 9. The molecule has 180 valence electrons. The van der Waals surface area contributed by atoms with Crippen LogP contribution in [0, 0.1) is 17.6 Å². The number of hydrogen-bond donors (Lipinski definition) is 3. The molecular formula is C22H18Cl3F2N3O3S. The number of carbonyl (C=O) groups excluding carboxylic acids is 3. The molecule has 0 aliphatic heterocycles. The van der Waals surface area contributed by atoms with Crippen molar-refractivity contribution in [2.75, 3.05) is 27.5 Å². The molecule has 34 heavy (non-hydrogen) atoms. The Labute approximate surface area is 213 Å². The average Bonchev–Trinajstić information content (AvgIpc) is 3.43. The summed E-state index contributed by atoms with van der Waals surface area (Å²) in [5.74, 6) is -4.15. The summed E-state index contributed by atoms with van der Waals surface area (Å²) in [5.41, 5.74) is -0.893. The van der Waals surface area contributed by atoms with E-state index in [-0.39, 0.29) is 27.7 Å². The van der Waals surface area contributed by atoms with Gasteiger partial charge in [-0.15, -0.1) is 41.5 Å². The first-order chi connectivity index (χ1) is 16.0. The molecule has 0 spiro atoms. The summed E-state index contributed by atoms with van der Waals surface area (Å²) in [6.45, 7) is 3.52. The number of halogens is 5. The third-order valence-electron chi connectivity index (χ3n) is 4.69. The Balaban J connectivity index is 1.74. The van der Waals surface area contributed by atoms with Crippen molar-refractivity contribution in [1.82, 2.24) is 0 Å². The molecular weight excluding hydrogens is 531 g/mol. The van der Waals surface area contributed by atoms with Crippen LogP contribution in [-0.2, 0) is 9.59 Å². The summed E-state index contributed by atoms with van der Waals surface area (Å²) >= 11 is 19.1. The lowest BCUT2D eigenvalue weighted by atomic mass is 10.1. The van der Waals surface area contributed by atoms with Gasteiger partial charge in [0.25, 0.3) is 5.91 Å². The lowest BCUT2D eigenvalue weighted by molar-refractivity contribution is -0.117. The Kier molecular flexibility index (Phi) is 8.46. The van der Waals surface area contributed by atoms with Crippen LogP contribution in [0.2, 0.25) is 5.02 Å². The smallest absolute Gasteiger partial charge is 0.257 e. The van der Waals surface area contributed by atoms with Gasteiger partial charge in [-0.2, -0.15) is 0 Å². The molecule has 1 atom stereocenters. The van der Waals surface area contributed by atoms with E-state index in [1.54, 1.807) is 6.08 Å². The van der Waals surface area contributed by atoms with Crippen molar-refractivity contribution in [2.45, 2.75) is 10.8 Å². The van der Waals surface area contributed by atoms with Crippen molar-refractivity contribution in [3.05, 3.63) is 65.2 Å². The number of anilines is 3. The normalized spacial score (nSPS) is 15.9. The van der Waals surface area contributed by atoms with E-state index in [1.807, 2.05) is 0 Å². The summed E-state index contributed by atoms with van der Waals surface area (Å²) < 4.78 is 27.9. The van der Waals surface area contributed by atoms with Crippen molar-refractivity contribution >= 4 is 81.3 Å². The number of carbonyl (C=O) groups is 3. The maximum atomic E-state index is 14.9. The highest BCUT2D eigenvalue weighted by molar-refractivity contribution is 8.00. The summed E-state index contributed by atoms with van der Waals surface area (Å²) in [6, 6.07) is 6.06. The first kappa shape index (κ1) is 26.3. The van der Waals surface area contributed by atoms with Gasteiger partial charge in [0.1, 0.15) is 15.8 Å². The van der Waals surface area contributed by atoms with Crippen LogP contribution in [0.3, 0.4) is 0 Å². The minimum absolute atomic E-state index is 0.0289. The monoisotopic (exact) mass is 547 g/mol. The van der Waals surface area contributed by atoms with Crippen molar-refractivity contribution < 1.29 is 23.2 Å². The Morgan fingerprint density at radius 2 is 1.85 bits per heavy atom. The fourth-order valence-corrected chi connectivity index (χ4v) is 4.12. The van der Waals surface area contributed by atoms with Gasteiger partial charge in [0.05, 0.1) is 27.9 Å². The molecule has 6 nitrogen and oxygen atoms in total. The summed E-state index contributed by atoms with van der Waals surface area (Å²) in [6.07, 6.45) is 1.90. The molecule has 0 saturated heterocycles. The Morgan fingerprint density at radius 1 is 1.15 bits per heavy atom. The maximum absolute atomic E-state index is 14.9. The molecule has 2 aromatic carbocycles. The van der Waals surface area contributed by atoms with E-state index in [9.17, 15) is 23.2 Å². The fourth-order valence-electron chi connectivity index (χ4n) is 2.87. The van der Waals surface area contributed by atoms with Crippen LogP contribution in [-0.4, -0.2) is 33.6 Å². The van der Waals surface area contributed by atoms with Gasteiger partial charge in [0, 0.05) is 11.4 Å². The van der Waals surface area contributed by atoms with E-state index < -0.39 is 45.3 Å². The second-order valence-corrected chi connectivity index (χ2v) is 10.3. The number of nitrogens with one attached hydrogen (secondary N) is 3. The van der Waals surface area contributed by atoms with Crippen molar-refractivity contribution in [2.24, 2.45) is 5.92 Å². The Morgan fingerprint density at radius 3 is 2.50 bits per heavy atom. The first-order valence-electron chi connectivity index (χ1n) is 9.79. The van der Waals surface area contributed by atoms with E-state index in [2.05, 4.69) is 22.5 Å². The predicted octanol–water partition coefficient (Wildman–Crippen LogP) is 5.86. The van der Waals surface area contributed by atoms with Crippen LogP contribution in [0.1, 0.15) is 16.8 Å². The molecule has 1 aliphatic rings. The van der Waals surface area contributed by atoms with Gasteiger partial charge in [0.2, 0.25) is 11.8 Å². The molecule has 2 aromatic rings. The third-order valence-corrected chi connectivity index (χ3v) is 6.80. The van der Waals surface area contributed by atoms with E-state index in [0.717, 1.165) is 12.1 Å². The molecule has 1 fully saturated rings. The van der Waals surface area contributed by atoms with Crippen LogP contribution in [0.5, 0.6) is 0 Å². The SMILES string of the molecule is C=CCSCC(=O)Nc1c(F)ccc(NC(=O)c2cc(NC(=O)C3CC3(Cl)Cl)ccc2Cl)c1F. The maximum Gasteiger partial charge on any atom is 0.257 e. The lowest BCUT2D eigenvalue weighted by Gasteiger charge is -2.13. The van der Waals surface area contributed by atoms with Crippen LogP contribution in [0.25, 0.3) is 0 Å². The highest BCUT2D eigenvalue weighted by Crippen LogP contribution is 2.53. The van der Waals surface area contributed by atoms with E-state index in [4.69, 9.17) is 34.8 Å². The van der Waals surface area contributed by atoms with Crippen molar-refractivity contribution in [3.8, 4) is 0 Å². The topological polar surface area (TPSA) is 87.3 Å².